The fraction of sp³-hybridized carbons (Fsp3) is 0.562. The molecule has 1 fully saturated rings. The van der Waals surface area contributed by atoms with E-state index < -0.39 is 0 Å². The van der Waals surface area contributed by atoms with Gasteiger partial charge in [0, 0.05) is 32.2 Å². The van der Waals surface area contributed by atoms with Crippen LogP contribution in [0.15, 0.2) is 18.2 Å². The zero-order valence-electron chi connectivity index (χ0n) is 12.6. The predicted octanol–water partition coefficient (Wildman–Crippen LogP) is 2.49. The number of ether oxygens (including phenoxy) is 1. The van der Waals surface area contributed by atoms with Gasteiger partial charge < -0.3 is 14.5 Å². The van der Waals surface area contributed by atoms with E-state index >= 15 is 0 Å². The van der Waals surface area contributed by atoms with Crippen LogP contribution in [0.25, 0.3) is 0 Å². The summed E-state index contributed by atoms with van der Waals surface area (Å²) in [6.45, 7) is 5.60. The Hall–Kier alpha value is -1.73. The molecule has 0 unspecified atom stereocenters. The Kier molecular flexibility index (Phi) is 4.86. The summed E-state index contributed by atoms with van der Waals surface area (Å²) >= 11 is 0. The molecule has 108 valence electrons. The third-order valence-corrected chi connectivity index (χ3v) is 4.26. The van der Waals surface area contributed by atoms with Crippen molar-refractivity contribution in [1.82, 2.24) is 4.90 Å². The first-order chi connectivity index (χ1) is 9.69. The topological polar surface area (TPSA) is 39.5 Å². The van der Waals surface area contributed by atoms with Gasteiger partial charge in [-0.3, -0.25) is 0 Å². The molecule has 0 amide bonds. The van der Waals surface area contributed by atoms with Crippen LogP contribution in [0.3, 0.4) is 0 Å². The Morgan fingerprint density at radius 2 is 2.10 bits per heavy atom. The molecule has 0 aromatic heterocycles. The molecule has 0 atom stereocenters. The normalized spacial score (nSPS) is 16.7. The highest BCUT2D eigenvalue weighted by Crippen LogP contribution is 2.28. The van der Waals surface area contributed by atoms with Gasteiger partial charge in [-0.15, -0.1) is 0 Å². The zero-order chi connectivity index (χ0) is 14.5. The Morgan fingerprint density at radius 3 is 2.65 bits per heavy atom. The van der Waals surface area contributed by atoms with Crippen molar-refractivity contribution in [3.63, 3.8) is 0 Å². The van der Waals surface area contributed by atoms with E-state index in [1.54, 1.807) is 7.11 Å². The third kappa shape index (κ3) is 3.05. The van der Waals surface area contributed by atoms with Gasteiger partial charge in [0.2, 0.25) is 0 Å². The summed E-state index contributed by atoms with van der Waals surface area (Å²) in [5, 5.41) is 9.28. The minimum atomic E-state index is 0.497. The van der Waals surface area contributed by atoms with E-state index in [2.05, 4.69) is 29.8 Å². The van der Waals surface area contributed by atoms with Crippen LogP contribution in [0.2, 0.25) is 0 Å². The summed E-state index contributed by atoms with van der Waals surface area (Å²) in [5.74, 6) is 0.803. The minimum Gasteiger partial charge on any atom is -0.497 e. The smallest absolute Gasteiger partial charge is 0.121 e. The molecule has 1 aromatic carbocycles. The van der Waals surface area contributed by atoms with Gasteiger partial charge in [0.05, 0.1) is 18.4 Å². The minimum absolute atomic E-state index is 0.497. The number of nitrogens with zero attached hydrogens (tertiary/aromatic N) is 3. The highest BCUT2D eigenvalue weighted by atomic mass is 16.5. The molecule has 1 aliphatic heterocycles. The van der Waals surface area contributed by atoms with Crippen molar-refractivity contribution in [2.75, 3.05) is 38.7 Å². The number of rotatable bonds is 4. The molecule has 0 radical (unpaired) electrons. The highest BCUT2D eigenvalue weighted by Gasteiger charge is 2.23. The maximum atomic E-state index is 9.28. The molecule has 2 rings (SSSR count). The Balaban J connectivity index is 2.16. The van der Waals surface area contributed by atoms with E-state index in [4.69, 9.17) is 4.74 Å². The van der Waals surface area contributed by atoms with E-state index in [-0.39, 0.29) is 0 Å². The first-order valence-electron chi connectivity index (χ1n) is 7.23. The molecule has 0 saturated carbocycles. The third-order valence-electron chi connectivity index (χ3n) is 4.26. The van der Waals surface area contributed by atoms with Crippen LogP contribution >= 0.6 is 0 Å². The number of anilines is 1. The van der Waals surface area contributed by atoms with Crippen molar-refractivity contribution in [2.24, 2.45) is 0 Å². The summed E-state index contributed by atoms with van der Waals surface area (Å²) in [4.78, 5) is 4.72. The average molecular weight is 273 g/mol. The van der Waals surface area contributed by atoms with Crippen molar-refractivity contribution in [3.05, 3.63) is 23.8 Å². The second-order valence-corrected chi connectivity index (χ2v) is 5.27. The first kappa shape index (κ1) is 14.7. The molecule has 0 spiro atoms. The van der Waals surface area contributed by atoms with Crippen LogP contribution in [0.1, 0.15) is 25.3 Å². The van der Waals surface area contributed by atoms with Crippen molar-refractivity contribution < 1.29 is 4.74 Å². The van der Waals surface area contributed by atoms with E-state index in [0.29, 0.717) is 11.6 Å². The van der Waals surface area contributed by atoms with Crippen molar-refractivity contribution in [3.8, 4) is 11.8 Å². The van der Waals surface area contributed by atoms with Crippen molar-refractivity contribution >= 4 is 5.69 Å². The highest BCUT2D eigenvalue weighted by molar-refractivity contribution is 5.62. The molecule has 0 aliphatic carbocycles. The lowest BCUT2D eigenvalue weighted by molar-refractivity contribution is 0.221. The maximum Gasteiger partial charge on any atom is 0.121 e. The molecule has 20 heavy (non-hydrogen) atoms. The van der Waals surface area contributed by atoms with E-state index in [9.17, 15) is 5.26 Å². The van der Waals surface area contributed by atoms with Crippen LogP contribution in [0.5, 0.6) is 5.75 Å². The quantitative estimate of drug-likeness (QED) is 0.845. The van der Waals surface area contributed by atoms with Gasteiger partial charge in [0.25, 0.3) is 0 Å². The molecule has 1 aromatic rings. The fourth-order valence-corrected chi connectivity index (χ4v) is 2.84. The monoisotopic (exact) mass is 273 g/mol. The molecule has 1 aliphatic rings. The van der Waals surface area contributed by atoms with Gasteiger partial charge in [0.15, 0.2) is 0 Å². The van der Waals surface area contributed by atoms with E-state index in [1.165, 1.54) is 0 Å². The molecule has 0 bridgehead atoms. The van der Waals surface area contributed by atoms with Crippen molar-refractivity contribution in [1.29, 1.82) is 5.26 Å². The lowest BCUT2D eigenvalue weighted by atomic mass is 10.0. The van der Waals surface area contributed by atoms with Gasteiger partial charge >= 0.3 is 0 Å². The summed E-state index contributed by atoms with van der Waals surface area (Å²) in [6.07, 6.45) is 2.29. The molecule has 1 heterocycles. The van der Waals surface area contributed by atoms with Crippen molar-refractivity contribution in [2.45, 2.75) is 25.8 Å². The van der Waals surface area contributed by atoms with Crippen LogP contribution in [-0.2, 0) is 0 Å². The number of nitriles is 1. The summed E-state index contributed by atoms with van der Waals surface area (Å²) < 4.78 is 5.28. The lowest BCUT2D eigenvalue weighted by Gasteiger charge is -2.37. The number of likely N-dealkylation sites (tertiary alicyclic amines) is 1. The molecule has 0 N–H and O–H groups in total. The molecule has 1 saturated heterocycles. The number of hydrogen-bond acceptors (Lipinski definition) is 4. The van der Waals surface area contributed by atoms with Crippen LogP contribution in [0, 0.1) is 11.3 Å². The summed E-state index contributed by atoms with van der Waals surface area (Å²) in [7, 11) is 3.74. The predicted molar refractivity (Wildman–Crippen MR) is 81.2 cm³/mol. The molecule has 4 heteroatoms. The lowest BCUT2D eigenvalue weighted by Crippen LogP contribution is -2.43. The van der Waals surface area contributed by atoms with E-state index in [1.807, 2.05) is 18.2 Å². The number of methoxy groups -OCH3 is 1. The van der Waals surface area contributed by atoms with E-state index in [0.717, 1.165) is 43.9 Å². The standard InChI is InChI=1S/C16H23N3O/c1-4-19-9-7-14(8-10-19)18(2)16-11-15(20-3)6-5-13(16)12-17/h5-6,11,14H,4,7-10H2,1-3H3. The van der Waals surface area contributed by atoms with Crippen LogP contribution in [-0.4, -0.2) is 44.7 Å². The molecular formula is C16H23N3O. The summed E-state index contributed by atoms with van der Waals surface area (Å²) in [6, 6.07) is 8.42. The summed E-state index contributed by atoms with van der Waals surface area (Å²) in [5.41, 5.74) is 1.69. The number of hydrogen-bond donors (Lipinski definition) is 0. The average Bonchev–Trinajstić information content (AvgIpc) is 2.53. The number of piperidine rings is 1. The fourth-order valence-electron chi connectivity index (χ4n) is 2.84. The maximum absolute atomic E-state index is 9.28. The van der Waals surface area contributed by atoms with Gasteiger partial charge in [-0.1, -0.05) is 6.92 Å². The van der Waals surface area contributed by atoms with Crippen LogP contribution in [0.4, 0.5) is 5.69 Å². The largest absolute Gasteiger partial charge is 0.497 e. The van der Waals surface area contributed by atoms with Gasteiger partial charge in [-0.05, 0) is 31.5 Å². The zero-order valence-corrected chi connectivity index (χ0v) is 12.6. The second-order valence-electron chi connectivity index (χ2n) is 5.27. The number of benzene rings is 1. The van der Waals surface area contributed by atoms with Gasteiger partial charge in [-0.2, -0.15) is 5.26 Å². The Labute approximate surface area is 121 Å². The second kappa shape index (κ2) is 6.62. The Bertz CT molecular complexity index is 487. The van der Waals surface area contributed by atoms with Crippen LogP contribution < -0.4 is 9.64 Å². The SMILES string of the molecule is CCN1CCC(N(C)c2cc(OC)ccc2C#N)CC1. The molecular weight excluding hydrogens is 250 g/mol. The molecule has 4 nitrogen and oxygen atoms in total. The first-order valence-corrected chi connectivity index (χ1v) is 7.23. The van der Waals surface area contributed by atoms with Gasteiger partial charge in [-0.25, -0.2) is 0 Å². The Morgan fingerprint density at radius 1 is 1.40 bits per heavy atom. The van der Waals surface area contributed by atoms with Gasteiger partial charge in [0.1, 0.15) is 11.8 Å².